The van der Waals surface area contributed by atoms with Crippen LogP contribution in [0, 0.1) is 0 Å². The van der Waals surface area contributed by atoms with Crippen LogP contribution in [0.3, 0.4) is 0 Å². The molecule has 0 aromatic heterocycles. The average molecular weight is 844 g/mol. The minimum absolute atomic E-state index is 0.153. The molecule has 0 radical (unpaired) electrons. The molecule has 0 fully saturated rings. The van der Waals surface area contributed by atoms with Crippen LogP contribution in [0.4, 0.5) is 17.1 Å². The largest absolute Gasteiger partial charge is 0.457 e. The van der Waals surface area contributed by atoms with Crippen LogP contribution in [0.15, 0.2) is 237 Å². The number of ether oxygens (including phenoxy) is 1. The minimum Gasteiger partial charge on any atom is -0.457 e. The van der Waals surface area contributed by atoms with Gasteiger partial charge in [0.25, 0.3) is 0 Å². The molecule has 0 aliphatic heterocycles. The summed E-state index contributed by atoms with van der Waals surface area (Å²) in [6, 6.07) is 86.6. The molecule has 0 heterocycles. The maximum absolute atomic E-state index is 6.64. The molecule has 0 N–H and O–H groups in total. The lowest BCUT2D eigenvalue weighted by atomic mass is 9.70. The zero-order valence-corrected chi connectivity index (χ0v) is 36.9. The summed E-state index contributed by atoms with van der Waals surface area (Å²) in [6.45, 7) is 4.73. The second-order valence-electron chi connectivity index (χ2n) is 18.4. The average Bonchev–Trinajstić information content (AvgIpc) is 3.93. The van der Waals surface area contributed by atoms with Gasteiger partial charge in [0, 0.05) is 22.4 Å². The molecular formula is C64H45NO. The summed E-state index contributed by atoms with van der Waals surface area (Å²) in [4.78, 5) is 2.48. The fourth-order valence-electron chi connectivity index (χ4n) is 11.7. The van der Waals surface area contributed by atoms with Crippen molar-refractivity contribution in [1.82, 2.24) is 0 Å². The molecule has 0 amide bonds. The molecule has 13 rings (SSSR count). The van der Waals surface area contributed by atoms with Crippen LogP contribution in [0.1, 0.15) is 47.2 Å². The van der Waals surface area contributed by atoms with Crippen molar-refractivity contribution in [3.8, 4) is 67.1 Å². The SMILES string of the molecule is CC1(C)c2ccccc2-c2ccc(N(c3ccc(-c4ccccc4)cc3)c3ccccc3-c3cccc4c3-c3ccc(Oc5ccccc5)cc3C43c4ccccc4-c4ccccc43)cc21. The summed E-state index contributed by atoms with van der Waals surface area (Å²) >= 11 is 0. The molecule has 3 aliphatic rings. The Kier molecular flexibility index (Phi) is 8.51. The van der Waals surface area contributed by atoms with Crippen LogP contribution in [-0.2, 0) is 10.8 Å². The molecule has 0 saturated heterocycles. The second-order valence-corrected chi connectivity index (χ2v) is 18.4. The fourth-order valence-corrected chi connectivity index (χ4v) is 11.7. The third-order valence-electron chi connectivity index (χ3n) is 14.6. The third kappa shape index (κ3) is 5.55. The summed E-state index contributed by atoms with van der Waals surface area (Å²) in [5.74, 6) is 1.64. The van der Waals surface area contributed by atoms with Gasteiger partial charge >= 0.3 is 0 Å². The molecule has 2 nitrogen and oxygen atoms in total. The van der Waals surface area contributed by atoms with E-state index in [0.717, 1.165) is 34.1 Å². The highest BCUT2D eigenvalue weighted by atomic mass is 16.5. The lowest BCUT2D eigenvalue weighted by molar-refractivity contribution is 0.481. The molecule has 1 spiro atoms. The van der Waals surface area contributed by atoms with E-state index in [0.29, 0.717) is 0 Å². The predicted octanol–water partition coefficient (Wildman–Crippen LogP) is 16.9. The normalized spacial score (nSPS) is 13.8. The summed E-state index contributed by atoms with van der Waals surface area (Å²) in [5, 5.41) is 0. The first kappa shape index (κ1) is 38.3. The van der Waals surface area contributed by atoms with E-state index < -0.39 is 5.41 Å². The minimum atomic E-state index is -0.549. The maximum Gasteiger partial charge on any atom is 0.127 e. The summed E-state index contributed by atoms with van der Waals surface area (Å²) in [6.07, 6.45) is 0. The Bertz CT molecular complexity index is 3480. The predicted molar refractivity (Wildman–Crippen MR) is 272 cm³/mol. The van der Waals surface area contributed by atoms with Crippen LogP contribution in [0.2, 0.25) is 0 Å². The smallest absolute Gasteiger partial charge is 0.127 e. The summed E-state index contributed by atoms with van der Waals surface area (Å²) in [7, 11) is 0. The number of para-hydroxylation sites is 2. The molecule has 0 saturated carbocycles. The molecule has 312 valence electrons. The zero-order valence-electron chi connectivity index (χ0n) is 36.9. The highest BCUT2D eigenvalue weighted by molar-refractivity contribution is 6.03. The molecular weight excluding hydrogens is 799 g/mol. The van der Waals surface area contributed by atoms with E-state index in [9.17, 15) is 0 Å². The Morgan fingerprint density at radius 2 is 0.833 bits per heavy atom. The topological polar surface area (TPSA) is 12.5 Å². The zero-order chi connectivity index (χ0) is 44.0. The highest BCUT2D eigenvalue weighted by Gasteiger charge is 2.52. The summed E-state index contributed by atoms with van der Waals surface area (Å²) in [5.41, 5.74) is 22.9. The van der Waals surface area contributed by atoms with Gasteiger partial charge in [-0.1, -0.05) is 196 Å². The number of benzene rings is 10. The molecule has 10 aromatic carbocycles. The fraction of sp³-hybridized carbons (Fsp3) is 0.0625. The first-order valence-corrected chi connectivity index (χ1v) is 23.0. The number of fused-ring (bicyclic) bond motifs is 13. The standard InChI is InChI=1S/C64H45NO/c1-63(2)55-27-13-9-22-48(55)51-38-36-45(40-59(51)63)65(44-34-32-43(33-35-44)42-18-5-3-6-19-42)61-31-16-12-25-52(61)53-26-17-30-58-62(53)54-39-37-47(66-46-20-7-4-8-21-46)41-60(54)64(58)56-28-14-10-23-49(56)50-24-11-15-29-57(50)64/h3-41H,1-2H3. The van der Waals surface area contributed by atoms with Gasteiger partial charge in [0.1, 0.15) is 11.5 Å². The van der Waals surface area contributed by atoms with E-state index in [1.807, 2.05) is 30.3 Å². The van der Waals surface area contributed by atoms with Crippen molar-refractivity contribution in [2.45, 2.75) is 24.7 Å². The molecule has 0 atom stereocenters. The lowest BCUT2D eigenvalue weighted by Crippen LogP contribution is -2.25. The van der Waals surface area contributed by atoms with Gasteiger partial charge in [0.05, 0.1) is 11.1 Å². The van der Waals surface area contributed by atoms with E-state index in [1.165, 1.54) is 83.5 Å². The highest BCUT2D eigenvalue weighted by Crippen LogP contribution is 2.65. The molecule has 10 aromatic rings. The quantitative estimate of drug-likeness (QED) is 0.158. The van der Waals surface area contributed by atoms with E-state index >= 15 is 0 Å². The van der Waals surface area contributed by atoms with Crippen molar-refractivity contribution in [2.75, 3.05) is 4.90 Å². The molecule has 0 bridgehead atoms. The second kappa shape index (κ2) is 14.7. The van der Waals surface area contributed by atoms with Crippen molar-refractivity contribution < 1.29 is 4.74 Å². The van der Waals surface area contributed by atoms with Crippen molar-refractivity contribution in [3.63, 3.8) is 0 Å². The van der Waals surface area contributed by atoms with Gasteiger partial charge in [-0.3, -0.25) is 0 Å². The lowest BCUT2D eigenvalue weighted by Gasteiger charge is -2.31. The molecule has 3 aliphatic carbocycles. The molecule has 2 heteroatoms. The Balaban J connectivity index is 1.05. The van der Waals surface area contributed by atoms with Crippen LogP contribution in [0.5, 0.6) is 11.5 Å². The van der Waals surface area contributed by atoms with E-state index in [-0.39, 0.29) is 5.41 Å². The Hall–Kier alpha value is -8.20. The first-order chi connectivity index (χ1) is 32.5. The van der Waals surface area contributed by atoms with Gasteiger partial charge in [-0.15, -0.1) is 0 Å². The number of rotatable bonds is 7. The van der Waals surface area contributed by atoms with Crippen LogP contribution >= 0.6 is 0 Å². The maximum atomic E-state index is 6.64. The van der Waals surface area contributed by atoms with Gasteiger partial charge in [-0.05, 0) is 138 Å². The van der Waals surface area contributed by atoms with Gasteiger partial charge in [0.15, 0.2) is 0 Å². The van der Waals surface area contributed by atoms with Crippen LogP contribution in [0.25, 0.3) is 55.6 Å². The van der Waals surface area contributed by atoms with Crippen LogP contribution in [-0.4, -0.2) is 0 Å². The number of anilines is 3. The van der Waals surface area contributed by atoms with Crippen molar-refractivity contribution in [1.29, 1.82) is 0 Å². The van der Waals surface area contributed by atoms with E-state index in [2.05, 4.69) is 225 Å². The van der Waals surface area contributed by atoms with Crippen LogP contribution < -0.4 is 9.64 Å². The first-order valence-electron chi connectivity index (χ1n) is 23.0. The number of hydrogen-bond acceptors (Lipinski definition) is 2. The van der Waals surface area contributed by atoms with Crippen molar-refractivity contribution >= 4 is 17.1 Å². The Labute approximate surface area is 386 Å². The number of hydrogen-bond donors (Lipinski definition) is 0. The third-order valence-corrected chi connectivity index (χ3v) is 14.6. The monoisotopic (exact) mass is 843 g/mol. The Morgan fingerprint density at radius 3 is 1.55 bits per heavy atom. The van der Waals surface area contributed by atoms with E-state index in [1.54, 1.807) is 0 Å². The van der Waals surface area contributed by atoms with Crippen molar-refractivity contribution in [3.05, 3.63) is 270 Å². The van der Waals surface area contributed by atoms with Gasteiger partial charge in [-0.2, -0.15) is 0 Å². The van der Waals surface area contributed by atoms with Crippen molar-refractivity contribution in [2.24, 2.45) is 0 Å². The summed E-state index contributed by atoms with van der Waals surface area (Å²) < 4.78 is 6.64. The number of nitrogens with zero attached hydrogens (tertiary/aromatic N) is 1. The molecule has 66 heavy (non-hydrogen) atoms. The van der Waals surface area contributed by atoms with Gasteiger partial charge in [0.2, 0.25) is 0 Å². The van der Waals surface area contributed by atoms with Gasteiger partial charge < -0.3 is 9.64 Å². The van der Waals surface area contributed by atoms with Gasteiger partial charge in [-0.25, -0.2) is 0 Å². The Morgan fingerprint density at radius 1 is 0.318 bits per heavy atom. The molecule has 0 unspecified atom stereocenters. The van der Waals surface area contributed by atoms with E-state index in [4.69, 9.17) is 4.74 Å².